The van der Waals surface area contributed by atoms with Gasteiger partial charge in [0.15, 0.2) is 0 Å². The van der Waals surface area contributed by atoms with Crippen molar-refractivity contribution >= 4 is 12.0 Å². The van der Waals surface area contributed by atoms with E-state index in [2.05, 4.69) is 5.32 Å². The van der Waals surface area contributed by atoms with Crippen molar-refractivity contribution in [1.29, 1.82) is 0 Å². The van der Waals surface area contributed by atoms with Crippen molar-refractivity contribution in [3.63, 3.8) is 0 Å². The number of primary amides is 1. The molecule has 170 valence electrons. The normalized spacial score (nSPS) is 22.0. The number of aliphatic hydroxyl groups excluding tert-OH is 1. The van der Waals surface area contributed by atoms with Gasteiger partial charge in [-0.3, -0.25) is 10.1 Å². The third-order valence-corrected chi connectivity index (χ3v) is 6.25. The number of nitrogens with two attached hydrogens (primary N) is 1. The molecule has 8 nitrogen and oxygen atoms in total. The van der Waals surface area contributed by atoms with Crippen LogP contribution in [0.15, 0.2) is 60.7 Å². The summed E-state index contributed by atoms with van der Waals surface area (Å²) in [6.45, 7) is 1.44. The summed E-state index contributed by atoms with van der Waals surface area (Å²) < 4.78 is 10.8. The molecule has 4 N–H and O–H groups in total. The maximum Gasteiger partial charge on any atom is 0.404 e. The third kappa shape index (κ3) is 4.77. The maximum atomic E-state index is 13.6. The van der Waals surface area contributed by atoms with Gasteiger partial charge in [-0.2, -0.15) is 0 Å². The molecular formula is C24H29N3O5. The van der Waals surface area contributed by atoms with Crippen LogP contribution < -0.4 is 11.1 Å². The summed E-state index contributed by atoms with van der Waals surface area (Å²) in [4.78, 5) is 26.9. The fraction of sp³-hybridized carbons (Fsp3) is 0.417. The van der Waals surface area contributed by atoms with Gasteiger partial charge < -0.3 is 25.2 Å². The largest absolute Gasteiger partial charge is 0.443 e. The molecule has 32 heavy (non-hydrogen) atoms. The fourth-order valence-corrected chi connectivity index (χ4v) is 4.60. The van der Waals surface area contributed by atoms with Crippen molar-refractivity contribution in [3.8, 4) is 0 Å². The highest BCUT2D eigenvalue weighted by molar-refractivity contribution is 5.86. The van der Waals surface area contributed by atoms with Crippen LogP contribution >= 0.6 is 0 Å². The monoisotopic (exact) mass is 439 g/mol. The van der Waals surface area contributed by atoms with Crippen LogP contribution in [0.2, 0.25) is 0 Å². The first-order valence-corrected chi connectivity index (χ1v) is 10.9. The number of rotatable bonds is 7. The second-order valence-electron chi connectivity index (χ2n) is 8.33. The smallest absolute Gasteiger partial charge is 0.404 e. The third-order valence-electron chi connectivity index (χ3n) is 6.25. The van der Waals surface area contributed by atoms with E-state index >= 15 is 0 Å². The fourth-order valence-electron chi connectivity index (χ4n) is 4.60. The summed E-state index contributed by atoms with van der Waals surface area (Å²) in [7, 11) is 0. The number of hydrogen-bond donors (Lipinski definition) is 3. The van der Waals surface area contributed by atoms with Crippen molar-refractivity contribution < 1.29 is 24.2 Å². The van der Waals surface area contributed by atoms with Gasteiger partial charge >= 0.3 is 6.09 Å². The number of carbonyl (C=O) groups excluding carboxylic acids is 2. The Labute approximate surface area is 187 Å². The minimum Gasteiger partial charge on any atom is -0.443 e. The lowest BCUT2D eigenvalue weighted by Gasteiger charge is -2.41. The average Bonchev–Trinajstić information content (AvgIpc) is 3.06. The van der Waals surface area contributed by atoms with Crippen molar-refractivity contribution in [2.75, 3.05) is 13.2 Å². The molecule has 0 aliphatic carbocycles. The lowest BCUT2D eigenvalue weighted by atomic mass is 9.97. The Balaban J connectivity index is 1.59. The van der Waals surface area contributed by atoms with E-state index in [4.69, 9.17) is 15.2 Å². The highest BCUT2D eigenvalue weighted by Crippen LogP contribution is 2.34. The van der Waals surface area contributed by atoms with Gasteiger partial charge in [0.2, 0.25) is 5.91 Å². The summed E-state index contributed by atoms with van der Waals surface area (Å²) in [5.41, 5.74) is 6.52. The topological polar surface area (TPSA) is 114 Å². The first-order valence-electron chi connectivity index (χ1n) is 10.9. The molecule has 3 atom stereocenters. The standard InChI is InChI=1S/C24H29N3O5/c25-23(30)32-19(15-17-7-3-1-4-8-17)21(28)20-22(29)27(16-18-9-5-2-6-10-18)24(26-20)11-13-31-14-12-24/h1-10,19-21,26,28H,11-16H2,(H2,25,30)/t19-,20-,21-/m0/s1. The first-order chi connectivity index (χ1) is 15.5. The van der Waals surface area contributed by atoms with Gasteiger partial charge in [-0.25, -0.2) is 4.79 Å². The molecule has 8 heteroatoms. The lowest BCUT2D eigenvalue weighted by molar-refractivity contribution is -0.138. The Morgan fingerprint density at radius 2 is 1.72 bits per heavy atom. The summed E-state index contributed by atoms with van der Waals surface area (Å²) in [5.74, 6) is -0.227. The highest BCUT2D eigenvalue weighted by Gasteiger charge is 2.54. The van der Waals surface area contributed by atoms with Crippen LogP contribution in [0.25, 0.3) is 0 Å². The zero-order valence-electron chi connectivity index (χ0n) is 17.9. The van der Waals surface area contributed by atoms with E-state index in [1.807, 2.05) is 60.7 Å². The van der Waals surface area contributed by atoms with Gasteiger partial charge in [0.05, 0.1) is 18.9 Å². The number of amides is 2. The van der Waals surface area contributed by atoms with E-state index in [0.29, 0.717) is 32.6 Å². The molecule has 2 saturated heterocycles. The van der Waals surface area contributed by atoms with Crippen LogP contribution in [0.5, 0.6) is 0 Å². The molecule has 2 aromatic carbocycles. The summed E-state index contributed by atoms with van der Waals surface area (Å²) in [5, 5.41) is 14.6. The van der Waals surface area contributed by atoms with Crippen LogP contribution in [0.4, 0.5) is 4.79 Å². The van der Waals surface area contributed by atoms with Gasteiger partial charge in [-0.1, -0.05) is 60.7 Å². The van der Waals surface area contributed by atoms with Crippen LogP contribution in [0.1, 0.15) is 24.0 Å². The van der Waals surface area contributed by atoms with Gasteiger partial charge in [0.25, 0.3) is 0 Å². The summed E-state index contributed by atoms with van der Waals surface area (Å²) >= 11 is 0. The Kier molecular flexibility index (Phi) is 6.74. The number of carbonyl (C=O) groups is 2. The van der Waals surface area contributed by atoms with Crippen LogP contribution in [0, 0.1) is 0 Å². The Morgan fingerprint density at radius 1 is 1.12 bits per heavy atom. The van der Waals surface area contributed by atoms with E-state index in [-0.39, 0.29) is 12.3 Å². The van der Waals surface area contributed by atoms with E-state index < -0.39 is 30.0 Å². The minimum absolute atomic E-state index is 0.227. The molecule has 0 unspecified atom stereocenters. The van der Waals surface area contributed by atoms with Crippen LogP contribution in [-0.2, 0) is 27.2 Å². The molecule has 0 radical (unpaired) electrons. The maximum absolute atomic E-state index is 13.6. The molecule has 2 fully saturated rings. The van der Waals surface area contributed by atoms with Crippen molar-refractivity contribution in [2.45, 2.75) is 49.7 Å². The molecule has 0 aromatic heterocycles. The first kappa shape index (κ1) is 22.3. The second kappa shape index (κ2) is 9.68. The predicted octanol–water partition coefficient (Wildman–Crippen LogP) is 1.56. The molecule has 2 heterocycles. The van der Waals surface area contributed by atoms with Gasteiger partial charge in [-0.05, 0) is 11.1 Å². The molecule has 0 saturated carbocycles. The second-order valence-corrected chi connectivity index (χ2v) is 8.33. The summed E-state index contributed by atoms with van der Waals surface area (Å²) in [6, 6.07) is 18.2. The Hall–Kier alpha value is -2.94. The number of nitrogens with one attached hydrogen (secondary N) is 1. The quantitative estimate of drug-likeness (QED) is 0.603. The zero-order chi connectivity index (χ0) is 22.6. The van der Waals surface area contributed by atoms with Crippen LogP contribution in [-0.4, -0.2) is 59.1 Å². The van der Waals surface area contributed by atoms with E-state index in [1.165, 1.54) is 0 Å². The summed E-state index contributed by atoms with van der Waals surface area (Å²) in [6.07, 6.45) is -1.77. The Bertz CT molecular complexity index is 918. The minimum atomic E-state index is -1.27. The molecule has 1 spiro atoms. The van der Waals surface area contributed by atoms with Crippen LogP contribution in [0.3, 0.4) is 0 Å². The highest BCUT2D eigenvalue weighted by atomic mass is 16.6. The number of hydrogen-bond acceptors (Lipinski definition) is 6. The van der Waals surface area contributed by atoms with Gasteiger partial charge in [-0.15, -0.1) is 0 Å². The lowest BCUT2D eigenvalue weighted by Crippen LogP contribution is -2.57. The van der Waals surface area contributed by atoms with Crippen molar-refractivity contribution in [2.24, 2.45) is 5.73 Å². The number of aliphatic hydroxyl groups is 1. The van der Waals surface area contributed by atoms with Gasteiger partial charge in [0.1, 0.15) is 18.2 Å². The number of nitrogens with zero attached hydrogens (tertiary/aromatic N) is 1. The SMILES string of the molecule is NC(=O)O[C@@H](Cc1ccccc1)[C@H](O)[C@@H]1NC2(CCOCC2)N(Cc2ccccc2)C1=O. The molecule has 2 aliphatic heterocycles. The predicted molar refractivity (Wildman–Crippen MR) is 117 cm³/mol. The van der Waals surface area contributed by atoms with Crippen molar-refractivity contribution in [3.05, 3.63) is 71.8 Å². The molecular weight excluding hydrogens is 410 g/mol. The van der Waals surface area contributed by atoms with E-state index in [9.17, 15) is 14.7 Å². The Morgan fingerprint density at radius 3 is 2.31 bits per heavy atom. The molecule has 2 aliphatic rings. The molecule has 2 amide bonds. The van der Waals surface area contributed by atoms with Gasteiger partial charge in [0, 0.05) is 25.8 Å². The van der Waals surface area contributed by atoms with E-state index in [0.717, 1.165) is 11.1 Å². The average molecular weight is 440 g/mol. The van der Waals surface area contributed by atoms with Crippen molar-refractivity contribution in [1.82, 2.24) is 10.2 Å². The number of benzene rings is 2. The molecule has 2 aromatic rings. The number of ether oxygens (including phenoxy) is 2. The molecule has 0 bridgehead atoms. The van der Waals surface area contributed by atoms with E-state index in [1.54, 1.807) is 4.90 Å². The molecule has 4 rings (SSSR count). The zero-order valence-corrected chi connectivity index (χ0v) is 17.9.